The standard InChI is InChI=1S/C12H17O.BrH.Mg/c1-2-3-7-10-13-11-12-8-5-4-6-9-12;;/h5-6,8-9H,2-3,7,10-11H2,1H3;1H;/q-1;;+2/p-1. The molecule has 0 radical (unpaired) electrons. The Bertz CT molecular complexity index is 216. The van der Waals surface area contributed by atoms with Crippen molar-refractivity contribution >= 4 is 23.1 Å². The summed E-state index contributed by atoms with van der Waals surface area (Å²) in [6, 6.07) is 10.9. The van der Waals surface area contributed by atoms with E-state index in [0.717, 1.165) is 13.2 Å². The van der Waals surface area contributed by atoms with Gasteiger partial charge in [-0.2, -0.15) is 30.3 Å². The molecule has 3 heteroatoms. The van der Waals surface area contributed by atoms with Crippen LogP contribution in [-0.4, -0.2) is 29.7 Å². The zero-order valence-electron chi connectivity index (χ0n) is 9.34. The van der Waals surface area contributed by atoms with Crippen molar-refractivity contribution in [2.45, 2.75) is 32.8 Å². The molecular formula is C12H17BrMgO. The Morgan fingerprint density at radius 1 is 1.20 bits per heavy atom. The number of ether oxygens (including phenoxy) is 1. The number of halogens is 1. The Balaban J connectivity index is 0. The minimum absolute atomic E-state index is 0. The molecule has 0 aromatic heterocycles. The first-order valence-corrected chi connectivity index (χ1v) is 4.96. The van der Waals surface area contributed by atoms with E-state index in [4.69, 9.17) is 4.74 Å². The zero-order chi connectivity index (χ0) is 9.36. The fourth-order valence-electron chi connectivity index (χ4n) is 1.16. The smallest absolute Gasteiger partial charge is 1.00 e. The second-order valence-electron chi connectivity index (χ2n) is 3.17. The molecule has 0 bridgehead atoms. The van der Waals surface area contributed by atoms with Crippen LogP contribution in [0.5, 0.6) is 0 Å². The van der Waals surface area contributed by atoms with Crippen molar-refractivity contribution in [1.29, 1.82) is 0 Å². The number of hydrogen-bond acceptors (Lipinski definition) is 1. The molecule has 0 saturated carbocycles. The van der Waals surface area contributed by atoms with Gasteiger partial charge in [0.1, 0.15) is 0 Å². The molecule has 1 aromatic carbocycles. The van der Waals surface area contributed by atoms with Gasteiger partial charge in [0.15, 0.2) is 0 Å². The Labute approximate surface area is 120 Å². The molecule has 0 atom stereocenters. The van der Waals surface area contributed by atoms with Crippen molar-refractivity contribution in [2.75, 3.05) is 6.61 Å². The number of unbranched alkanes of at least 4 members (excludes halogenated alkanes) is 2. The maximum Gasteiger partial charge on any atom is 2.00 e. The van der Waals surface area contributed by atoms with Gasteiger partial charge in [0.05, 0.1) is 0 Å². The van der Waals surface area contributed by atoms with Gasteiger partial charge in [-0.1, -0.05) is 19.8 Å². The van der Waals surface area contributed by atoms with Gasteiger partial charge in [-0.25, -0.2) is 0 Å². The normalized spacial score (nSPS) is 8.87. The fourth-order valence-corrected chi connectivity index (χ4v) is 1.16. The molecule has 0 N–H and O–H groups in total. The SMILES string of the molecule is CCCCCOCc1cc[c-]cc1.[Br-].[Mg+2]. The third-order valence-electron chi connectivity index (χ3n) is 1.95. The molecule has 0 amide bonds. The molecule has 0 spiro atoms. The van der Waals surface area contributed by atoms with E-state index in [1.165, 1.54) is 24.8 Å². The first-order chi connectivity index (χ1) is 6.43. The summed E-state index contributed by atoms with van der Waals surface area (Å²) in [4.78, 5) is 0. The van der Waals surface area contributed by atoms with Crippen LogP contribution in [0.25, 0.3) is 0 Å². The average Bonchev–Trinajstić information content (AvgIpc) is 2.19. The van der Waals surface area contributed by atoms with Crippen LogP contribution in [-0.2, 0) is 11.3 Å². The summed E-state index contributed by atoms with van der Waals surface area (Å²) in [5.74, 6) is 0. The van der Waals surface area contributed by atoms with E-state index in [9.17, 15) is 0 Å². The first kappa shape index (κ1) is 17.8. The topological polar surface area (TPSA) is 9.23 Å². The van der Waals surface area contributed by atoms with Crippen LogP contribution in [0.3, 0.4) is 0 Å². The Morgan fingerprint density at radius 3 is 2.47 bits per heavy atom. The van der Waals surface area contributed by atoms with Crippen molar-refractivity contribution in [3.63, 3.8) is 0 Å². The fraction of sp³-hybridized carbons (Fsp3) is 0.500. The van der Waals surface area contributed by atoms with Gasteiger partial charge < -0.3 is 21.7 Å². The van der Waals surface area contributed by atoms with Gasteiger partial charge in [0, 0.05) is 13.2 Å². The molecule has 0 unspecified atom stereocenters. The molecular weight excluding hydrogens is 264 g/mol. The van der Waals surface area contributed by atoms with Crippen LogP contribution in [0.15, 0.2) is 24.3 Å². The van der Waals surface area contributed by atoms with E-state index in [1.54, 1.807) is 0 Å². The number of benzene rings is 1. The van der Waals surface area contributed by atoms with Gasteiger partial charge in [0.25, 0.3) is 0 Å². The van der Waals surface area contributed by atoms with E-state index in [2.05, 4.69) is 13.0 Å². The molecule has 1 aromatic rings. The van der Waals surface area contributed by atoms with Crippen molar-refractivity contribution in [3.05, 3.63) is 35.9 Å². The molecule has 0 fully saturated rings. The second-order valence-corrected chi connectivity index (χ2v) is 3.17. The third-order valence-corrected chi connectivity index (χ3v) is 1.95. The van der Waals surface area contributed by atoms with E-state index < -0.39 is 0 Å². The molecule has 0 heterocycles. The van der Waals surface area contributed by atoms with Crippen LogP contribution in [0.2, 0.25) is 0 Å². The molecule has 0 saturated heterocycles. The summed E-state index contributed by atoms with van der Waals surface area (Å²) < 4.78 is 5.51. The van der Waals surface area contributed by atoms with E-state index in [0.29, 0.717) is 0 Å². The predicted octanol–water partition coefficient (Wildman–Crippen LogP) is -0.183. The Kier molecular flexibility index (Phi) is 14.8. The average molecular weight is 281 g/mol. The summed E-state index contributed by atoms with van der Waals surface area (Å²) in [7, 11) is 0. The molecule has 15 heavy (non-hydrogen) atoms. The van der Waals surface area contributed by atoms with Gasteiger partial charge in [-0.15, -0.1) is 5.56 Å². The zero-order valence-corrected chi connectivity index (χ0v) is 12.3. The van der Waals surface area contributed by atoms with Crippen molar-refractivity contribution in [3.8, 4) is 0 Å². The van der Waals surface area contributed by atoms with Gasteiger partial charge in [0.2, 0.25) is 0 Å². The van der Waals surface area contributed by atoms with Crippen LogP contribution in [0, 0.1) is 6.07 Å². The Morgan fingerprint density at radius 2 is 1.87 bits per heavy atom. The summed E-state index contributed by atoms with van der Waals surface area (Å²) >= 11 is 0. The van der Waals surface area contributed by atoms with Gasteiger partial charge in [-0.3, -0.25) is 0 Å². The van der Waals surface area contributed by atoms with Crippen LogP contribution in [0.1, 0.15) is 31.7 Å². The van der Waals surface area contributed by atoms with Crippen molar-refractivity contribution in [1.82, 2.24) is 0 Å². The van der Waals surface area contributed by atoms with E-state index in [-0.39, 0.29) is 40.0 Å². The number of rotatable bonds is 6. The molecule has 1 nitrogen and oxygen atoms in total. The summed E-state index contributed by atoms with van der Waals surface area (Å²) in [5.41, 5.74) is 1.23. The summed E-state index contributed by atoms with van der Waals surface area (Å²) in [6.45, 7) is 3.82. The van der Waals surface area contributed by atoms with Crippen LogP contribution >= 0.6 is 0 Å². The first-order valence-electron chi connectivity index (χ1n) is 4.96. The molecule has 1 rings (SSSR count). The predicted molar refractivity (Wildman–Crippen MR) is 60.2 cm³/mol. The van der Waals surface area contributed by atoms with Crippen molar-refractivity contribution < 1.29 is 21.7 Å². The van der Waals surface area contributed by atoms with Crippen LogP contribution in [0.4, 0.5) is 0 Å². The second kappa shape index (κ2) is 12.5. The molecule has 0 aliphatic carbocycles. The van der Waals surface area contributed by atoms with Crippen molar-refractivity contribution in [2.24, 2.45) is 0 Å². The number of hydrogen-bond donors (Lipinski definition) is 0. The maximum atomic E-state index is 5.51. The van der Waals surface area contributed by atoms with E-state index in [1.807, 2.05) is 24.3 Å². The minimum Gasteiger partial charge on any atom is -1.00 e. The summed E-state index contributed by atoms with van der Waals surface area (Å²) in [5, 5.41) is 0. The van der Waals surface area contributed by atoms with Gasteiger partial charge in [-0.05, 0) is 6.42 Å². The van der Waals surface area contributed by atoms with Gasteiger partial charge >= 0.3 is 23.1 Å². The molecule has 0 aliphatic heterocycles. The molecule has 80 valence electrons. The monoisotopic (exact) mass is 280 g/mol. The summed E-state index contributed by atoms with van der Waals surface area (Å²) in [6.07, 6.45) is 3.70. The third kappa shape index (κ3) is 9.36. The van der Waals surface area contributed by atoms with Crippen LogP contribution < -0.4 is 17.0 Å². The van der Waals surface area contributed by atoms with E-state index >= 15 is 0 Å². The maximum absolute atomic E-state index is 5.51. The molecule has 0 aliphatic rings. The minimum atomic E-state index is 0. The largest absolute Gasteiger partial charge is 2.00 e. The quantitative estimate of drug-likeness (QED) is 0.399. The Hall–Kier alpha value is 0.426.